The molecule has 0 aliphatic carbocycles. The summed E-state index contributed by atoms with van der Waals surface area (Å²) >= 11 is 0. The number of nitrogens with zero attached hydrogens (tertiary/aromatic N) is 4. The Bertz CT molecular complexity index is 1370. The Balaban J connectivity index is 1.44. The van der Waals surface area contributed by atoms with E-state index in [0.717, 1.165) is 25.0 Å². The molecule has 1 aromatic carbocycles. The van der Waals surface area contributed by atoms with Gasteiger partial charge in [-0.25, -0.2) is 27.6 Å². The van der Waals surface area contributed by atoms with Crippen LogP contribution in [-0.2, 0) is 23.7 Å². The van der Waals surface area contributed by atoms with E-state index in [1.807, 2.05) is 0 Å². The van der Waals surface area contributed by atoms with Gasteiger partial charge in [0.1, 0.15) is 29.6 Å². The number of hydrogen-bond acceptors (Lipinski definition) is 9. The van der Waals surface area contributed by atoms with Crippen LogP contribution in [0.1, 0.15) is 49.6 Å². The monoisotopic (exact) mass is 560 g/mol. The van der Waals surface area contributed by atoms with E-state index in [1.54, 1.807) is 26.0 Å². The number of benzene rings is 1. The van der Waals surface area contributed by atoms with E-state index in [0.29, 0.717) is 13.0 Å². The van der Waals surface area contributed by atoms with Crippen molar-refractivity contribution >= 4 is 5.97 Å². The van der Waals surface area contributed by atoms with E-state index < -0.39 is 59.3 Å². The molecule has 5 atom stereocenters. The fourth-order valence-corrected chi connectivity index (χ4v) is 5.44. The van der Waals surface area contributed by atoms with Crippen LogP contribution in [0.4, 0.5) is 13.2 Å². The highest BCUT2D eigenvalue weighted by atomic mass is 19.2. The van der Waals surface area contributed by atoms with Crippen molar-refractivity contribution < 1.29 is 41.7 Å². The second-order valence-electron chi connectivity index (χ2n) is 10.4. The van der Waals surface area contributed by atoms with E-state index >= 15 is 0 Å². The lowest BCUT2D eigenvalue weighted by Crippen LogP contribution is -2.69. The van der Waals surface area contributed by atoms with Crippen molar-refractivity contribution in [2.24, 2.45) is 0 Å². The van der Waals surface area contributed by atoms with E-state index in [2.05, 4.69) is 15.3 Å². The molecule has 212 valence electrons. The topological polar surface area (TPSA) is 107 Å². The van der Waals surface area contributed by atoms with E-state index in [1.165, 1.54) is 23.1 Å². The molecule has 3 aromatic rings. The molecule has 0 bridgehead atoms. The highest BCUT2D eigenvalue weighted by Gasteiger charge is 2.62. The summed E-state index contributed by atoms with van der Waals surface area (Å²) in [7, 11) is 0. The normalized spacial score (nSPS) is 29.6. The minimum Gasteiger partial charge on any atom is -0.449 e. The molecular weight excluding hydrogens is 533 g/mol. The molecule has 3 fully saturated rings. The van der Waals surface area contributed by atoms with Gasteiger partial charge in [0.2, 0.25) is 5.79 Å². The van der Waals surface area contributed by atoms with Crippen LogP contribution in [0.5, 0.6) is 0 Å². The molecular formula is C27H27F3N4O6. The number of aromatic nitrogens is 4. The molecule has 6 rings (SSSR count). The molecule has 0 unspecified atom stereocenters. The lowest BCUT2D eigenvalue weighted by molar-refractivity contribution is -0.412. The number of pyridine rings is 1. The Hall–Kier alpha value is -3.39. The third-order valence-electron chi connectivity index (χ3n) is 7.28. The summed E-state index contributed by atoms with van der Waals surface area (Å²) in [5.41, 5.74) is 0.129. The average molecular weight is 561 g/mol. The van der Waals surface area contributed by atoms with Crippen molar-refractivity contribution in [1.82, 2.24) is 20.0 Å². The number of carbonyl (C=O) groups excluding carboxylic acids is 1. The minimum atomic E-state index is -1.58. The van der Waals surface area contributed by atoms with Gasteiger partial charge in [-0.3, -0.25) is 0 Å². The molecule has 10 nitrogen and oxygen atoms in total. The van der Waals surface area contributed by atoms with E-state index in [-0.39, 0.29) is 23.6 Å². The van der Waals surface area contributed by atoms with E-state index in [9.17, 15) is 18.0 Å². The van der Waals surface area contributed by atoms with Gasteiger partial charge in [-0.15, -0.1) is 5.10 Å². The van der Waals surface area contributed by atoms with Crippen molar-refractivity contribution in [3.63, 3.8) is 0 Å². The van der Waals surface area contributed by atoms with Gasteiger partial charge < -0.3 is 23.7 Å². The number of rotatable bonds is 4. The van der Waals surface area contributed by atoms with Crippen LogP contribution in [0.2, 0.25) is 0 Å². The Morgan fingerprint density at radius 3 is 2.60 bits per heavy atom. The fraction of sp³-hybridized carbons (Fsp3) is 0.481. The van der Waals surface area contributed by atoms with E-state index in [4.69, 9.17) is 23.7 Å². The predicted octanol–water partition coefficient (Wildman–Crippen LogP) is 3.97. The van der Waals surface area contributed by atoms with Crippen LogP contribution in [0, 0.1) is 17.5 Å². The molecule has 13 heteroatoms. The van der Waals surface area contributed by atoms with Crippen LogP contribution in [-0.4, -0.2) is 69.0 Å². The molecule has 0 N–H and O–H groups in total. The molecule has 0 radical (unpaired) electrons. The molecule has 2 aromatic heterocycles. The van der Waals surface area contributed by atoms with Crippen molar-refractivity contribution in [1.29, 1.82) is 0 Å². The van der Waals surface area contributed by atoms with Gasteiger partial charge in [0.15, 0.2) is 29.3 Å². The lowest BCUT2D eigenvalue weighted by atomic mass is 9.85. The van der Waals surface area contributed by atoms with Crippen LogP contribution in [0.3, 0.4) is 0 Å². The maximum Gasteiger partial charge on any atom is 0.357 e. The average Bonchev–Trinajstić information content (AvgIpc) is 3.43. The van der Waals surface area contributed by atoms with Gasteiger partial charge in [-0.2, -0.15) is 0 Å². The Labute approximate surface area is 227 Å². The van der Waals surface area contributed by atoms with Crippen LogP contribution in [0.25, 0.3) is 11.3 Å². The lowest BCUT2D eigenvalue weighted by Gasteiger charge is -2.55. The van der Waals surface area contributed by atoms with Gasteiger partial charge >= 0.3 is 5.97 Å². The summed E-state index contributed by atoms with van der Waals surface area (Å²) in [6.45, 7) is 4.02. The van der Waals surface area contributed by atoms with Crippen molar-refractivity contribution in [2.45, 2.75) is 69.0 Å². The smallest absolute Gasteiger partial charge is 0.357 e. The first kappa shape index (κ1) is 26.8. The fourth-order valence-electron chi connectivity index (χ4n) is 5.44. The zero-order valence-corrected chi connectivity index (χ0v) is 21.8. The molecule has 40 heavy (non-hydrogen) atoms. The summed E-state index contributed by atoms with van der Waals surface area (Å²) < 4.78 is 73.9. The van der Waals surface area contributed by atoms with Gasteiger partial charge in [0.05, 0.1) is 19.4 Å². The zero-order valence-electron chi connectivity index (χ0n) is 21.8. The summed E-state index contributed by atoms with van der Waals surface area (Å²) in [6.07, 6.45) is 2.38. The number of ether oxygens (including phenoxy) is 5. The standard InChI is InChI=1S/C27H27F3N4O6/c1-26(2)37-14-20-23(40-26)22(34-13-19(32-33-34)15-11-16(28)21(30)17(29)12-15)24(27(39-20)8-4-6-10-36-27)38-25(35)18-7-3-5-9-31-18/h3,5,7,9,11-13,20,22-24H,4,6,8,10,14H2,1-2H3/t20-,22+,23+,24-,27+/m1/s1. The number of esters is 1. The first-order chi connectivity index (χ1) is 19.2. The molecule has 3 aliphatic rings. The van der Waals surface area contributed by atoms with Crippen molar-refractivity contribution in [3.8, 4) is 11.3 Å². The first-order valence-electron chi connectivity index (χ1n) is 13.0. The molecule has 0 amide bonds. The van der Waals surface area contributed by atoms with Crippen molar-refractivity contribution in [2.75, 3.05) is 13.2 Å². The molecule has 3 saturated heterocycles. The van der Waals surface area contributed by atoms with Crippen molar-refractivity contribution in [3.05, 3.63) is 65.9 Å². The second kappa shape index (κ2) is 10.2. The third-order valence-corrected chi connectivity index (χ3v) is 7.28. The zero-order chi connectivity index (χ0) is 28.1. The van der Waals surface area contributed by atoms with Crippen LogP contribution < -0.4 is 0 Å². The Morgan fingerprint density at radius 1 is 1.10 bits per heavy atom. The first-order valence-corrected chi connectivity index (χ1v) is 13.0. The van der Waals surface area contributed by atoms with Crippen LogP contribution >= 0.6 is 0 Å². The summed E-state index contributed by atoms with van der Waals surface area (Å²) in [5.74, 6) is -7.38. The number of halogens is 3. The quantitative estimate of drug-likeness (QED) is 0.346. The van der Waals surface area contributed by atoms with Gasteiger partial charge in [0.25, 0.3) is 0 Å². The highest BCUT2D eigenvalue weighted by molar-refractivity contribution is 5.87. The summed E-state index contributed by atoms with van der Waals surface area (Å²) in [5, 5.41) is 8.32. The number of fused-ring (bicyclic) bond motifs is 1. The third kappa shape index (κ3) is 4.87. The minimum absolute atomic E-state index is 0.0230. The Kier molecular flexibility index (Phi) is 6.85. The van der Waals surface area contributed by atoms with Gasteiger partial charge in [-0.1, -0.05) is 11.3 Å². The molecule has 3 aliphatic heterocycles. The molecule has 0 saturated carbocycles. The SMILES string of the molecule is CC1(C)OC[C@H]2O[C@@]3(CCCCO3)[C@H](OC(=O)c3ccccn3)[C@@H](n3cc(-c4cc(F)c(F)c(F)c4)nn3)[C@H]2O1. The predicted molar refractivity (Wildman–Crippen MR) is 130 cm³/mol. The highest BCUT2D eigenvalue weighted by Crippen LogP contribution is 2.47. The number of hydrogen-bond donors (Lipinski definition) is 0. The summed E-state index contributed by atoms with van der Waals surface area (Å²) in [4.78, 5) is 17.4. The maximum absolute atomic E-state index is 14.0. The Morgan fingerprint density at radius 2 is 1.90 bits per heavy atom. The second-order valence-corrected chi connectivity index (χ2v) is 10.4. The number of carbonyl (C=O) groups is 1. The maximum atomic E-state index is 14.0. The van der Waals surface area contributed by atoms with Crippen LogP contribution in [0.15, 0.2) is 42.7 Å². The largest absolute Gasteiger partial charge is 0.449 e. The summed E-state index contributed by atoms with van der Waals surface area (Å²) in [6, 6.07) is 5.67. The molecule has 1 spiro atoms. The molecule has 5 heterocycles. The van der Waals surface area contributed by atoms with Gasteiger partial charge in [0, 0.05) is 18.2 Å². The van der Waals surface area contributed by atoms with Gasteiger partial charge in [-0.05, 0) is 51.0 Å².